The minimum atomic E-state index is -0.673. The van der Waals surface area contributed by atoms with Crippen LogP contribution in [-0.2, 0) is 9.59 Å². The van der Waals surface area contributed by atoms with E-state index in [-0.39, 0.29) is 11.8 Å². The second-order valence-corrected chi connectivity index (χ2v) is 6.30. The molecule has 6 heteroatoms. The highest BCUT2D eigenvalue weighted by molar-refractivity contribution is 9.10. The second-order valence-electron chi connectivity index (χ2n) is 5.45. The summed E-state index contributed by atoms with van der Waals surface area (Å²) in [4.78, 5) is 23.4. The highest BCUT2D eigenvalue weighted by Crippen LogP contribution is 2.27. The fraction of sp³-hybridized carbons (Fsp3) is 0.222. The minimum absolute atomic E-state index is 0.167. The monoisotopic (exact) mass is 390 g/mol. The summed E-state index contributed by atoms with van der Waals surface area (Å²) in [5, 5.41) is 5.45. The summed E-state index contributed by atoms with van der Waals surface area (Å²) in [7, 11) is 0. The first kappa shape index (κ1) is 18.0. The molecule has 1 atom stereocenters. The van der Waals surface area contributed by atoms with Crippen LogP contribution in [0.25, 0.3) is 0 Å². The molecular weight excluding hydrogens is 372 g/mol. The van der Waals surface area contributed by atoms with Crippen molar-refractivity contribution in [2.45, 2.75) is 26.9 Å². The topological polar surface area (TPSA) is 67.4 Å². The molecule has 24 heavy (non-hydrogen) atoms. The lowest BCUT2D eigenvalue weighted by Gasteiger charge is -2.16. The van der Waals surface area contributed by atoms with Crippen LogP contribution in [0.4, 0.5) is 11.4 Å². The van der Waals surface area contributed by atoms with E-state index in [1.54, 1.807) is 31.2 Å². The Hall–Kier alpha value is -2.34. The molecular formula is C18H19BrN2O3. The molecule has 2 N–H and O–H groups in total. The predicted molar refractivity (Wildman–Crippen MR) is 98.3 cm³/mol. The Kier molecular flexibility index (Phi) is 5.98. The Morgan fingerprint density at radius 2 is 1.75 bits per heavy atom. The van der Waals surface area contributed by atoms with Gasteiger partial charge in [0.2, 0.25) is 5.91 Å². The number of halogens is 1. The molecule has 0 heterocycles. The Balaban J connectivity index is 2.02. The van der Waals surface area contributed by atoms with E-state index in [9.17, 15) is 9.59 Å². The van der Waals surface area contributed by atoms with Crippen LogP contribution in [0, 0.1) is 6.92 Å². The number of aryl methyl sites for hydroxylation is 1. The van der Waals surface area contributed by atoms with Gasteiger partial charge in [0.25, 0.3) is 5.91 Å². The maximum absolute atomic E-state index is 12.3. The standard InChI is InChI=1S/C18H19BrN2O3/c1-11-7-8-17(16(19)9-11)24-12(2)18(23)21-15-6-4-5-14(10-15)20-13(3)22/h4-10,12H,1-3H3,(H,20,22)(H,21,23). The van der Waals surface area contributed by atoms with Crippen molar-refractivity contribution in [2.75, 3.05) is 10.6 Å². The van der Waals surface area contributed by atoms with Crippen LogP contribution in [0.15, 0.2) is 46.9 Å². The van der Waals surface area contributed by atoms with Crippen LogP contribution in [0.5, 0.6) is 5.75 Å². The lowest BCUT2D eigenvalue weighted by molar-refractivity contribution is -0.122. The van der Waals surface area contributed by atoms with Gasteiger partial charge in [-0.25, -0.2) is 0 Å². The third-order valence-corrected chi connectivity index (χ3v) is 3.83. The van der Waals surface area contributed by atoms with Gasteiger partial charge in [-0.05, 0) is 65.7 Å². The van der Waals surface area contributed by atoms with Gasteiger partial charge in [0.1, 0.15) is 5.75 Å². The molecule has 0 fully saturated rings. The number of benzene rings is 2. The van der Waals surface area contributed by atoms with Gasteiger partial charge in [-0.3, -0.25) is 9.59 Å². The van der Waals surface area contributed by atoms with E-state index in [0.717, 1.165) is 10.0 Å². The number of carbonyl (C=O) groups is 2. The number of ether oxygens (including phenoxy) is 1. The molecule has 0 aliphatic carbocycles. The lowest BCUT2D eigenvalue weighted by Crippen LogP contribution is -2.30. The first-order valence-electron chi connectivity index (χ1n) is 7.46. The van der Waals surface area contributed by atoms with Crippen LogP contribution >= 0.6 is 15.9 Å². The SMILES string of the molecule is CC(=O)Nc1cccc(NC(=O)C(C)Oc2ccc(C)cc2Br)c1. The van der Waals surface area contributed by atoms with Crippen LogP contribution < -0.4 is 15.4 Å². The number of amides is 2. The van der Waals surface area contributed by atoms with E-state index >= 15 is 0 Å². The van der Waals surface area contributed by atoms with Crippen molar-refractivity contribution in [2.24, 2.45) is 0 Å². The fourth-order valence-corrected chi connectivity index (χ4v) is 2.65. The summed E-state index contributed by atoms with van der Waals surface area (Å²) in [5.41, 5.74) is 2.31. The van der Waals surface area contributed by atoms with Crippen LogP contribution in [0.1, 0.15) is 19.4 Å². The van der Waals surface area contributed by atoms with Gasteiger partial charge in [0.15, 0.2) is 6.10 Å². The van der Waals surface area contributed by atoms with E-state index in [2.05, 4.69) is 26.6 Å². The van der Waals surface area contributed by atoms with E-state index in [1.807, 2.05) is 25.1 Å². The molecule has 2 amide bonds. The Morgan fingerprint density at radius 3 is 2.38 bits per heavy atom. The molecule has 0 saturated heterocycles. The molecule has 2 rings (SSSR count). The summed E-state index contributed by atoms with van der Waals surface area (Å²) in [6, 6.07) is 12.6. The molecule has 0 aliphatic rings. The Morgan fingerprint density at radius 1 is 1.08 bits per heavy atom. The maximum atomic E-state index is 12.3. The number of anilines is 2. The zero-order valence-corrected chi connectivity index (χ0v) is 15.3. The first-order valence-corrected chi connectivity index (χ1v) is 8.26. The largest absolute Gasteiger partial charge is 0.480 e. The summed E-state index contributed by atoms with van der Waals surface area (Å²) >= 11 is 3.43. The van der Waals surface area contributed by atoms with Crippen LogP contribution in [0.3, 0.4) is 0 Å². The van der Waals surface area contributed by atoms with Gasteiger partial charge in [-0.15, -0.1) is 0 Å². The van der Waals surface area contributed by atoms with Crippen LogP contribution in [0.2, 0.25) is 0 Å². The summed E-state index contributed by atoms with van der Waals surface area (Å²) in [6.07, 6.45) is -0.673. The maximum Gasteiger partial charge on any atom is 0.265 e. The van der Waals surface area contributed by atoms with E-state index in [4.69, 9.17) is 4.74 Å². The molecule has 0 aliphatic heterocycles. The lowest BCUT2D eigenvalue weighted by atomic mass is 10.2. The first-order chi connectivity index (χ1) is 11.3. The molecule has 2 aromatic carbocycles. The summed E-state index contributed by atoms with van der Waals surface area (Å²) in [5.74, 6) is 0.164. The van der Waals surface area contributed by atoms with Crippen molar-refractivity contribution in [3.63, 3.8) is 0 Å². The molecule has 0 bridgehead atoms. The molecule has 1 unspecified atom stereocenters. The number of nitrogens with one attached hydrogen (secondary N) is 2. The number of rotatable bonds is 5. The number of hydrogen-bond donors (Lipinski definition) is 2. The smallest absolute Gasteiger partial charge is 0.265 e. The molecule has 0 radical (unpaired) electrons. The average Bonchev–Trinajstić information content (AvgIpc) is 2.49. The third kappa shape index (κ3) is 5.09. The van der Waals surface area contributed by atoms with E-state index in [1.165, 1.54) is 6.92 Å². The number of carbonyl (C=O) groups excluding carboxylic acids is 2. The molecule has 5 nitrogen and oxygen atoms in total. The molecule has 0 aromatic heterocycles. The van der Waals surface area contributed by atoms with Crippen molar-refractivity contribution >= 4 is 39.1 Å². The van der Waals surface area contributed by atoms with E-state index < -0.39 is 6.10 Å². The summed E-state index contributed by atoms with van der Waals surface area (Å²) in [6.45, 7) is 5.09. The highest BCUT2D eigenvalue weighted by Gasteiger charge is 2.16. The third-order valence-electron chi connectivity index (χ3n) is 3.21. The van der Waals surface area contributed by atoms with Gasteiger partial charge in [-0.2, -0.15) is 0 Å². The van der Waals surface area contributed by atoms with Crippen molar-refractivity contribution < 1.29 is 14.3 Å². The summed E-state index contributed by atoms with van der Waals surface area (Å²) < 4.78 is 6.50. The fourth-order valence-electron chi connectivity index (χ4n) is 2.07. The van der Waals surface area contributed by atoms with Crippen molar-refractivity contribution in [1.82, 2.24) is 0 Å². The van der Waals surface area contributed by atoms with Crippen LogP contribution in [-0.4, -0.2) is 17.9 Å². The number of hydrogen-bond acceptors (Lipinski definition) is 3. The molecule has 0 saturated carbocycles. The van der Waals surface area contributed by atoms with Crippen molar-refractivity contribution in [3.05, 3.63) is 52.5 Å². The normalized spacial score (nSPS) is 11.5. The average molecular weight is 391 g/mol. The molecule has 126 valence electrons. The second kappa shape index (κ2) is 7.97. The van der Waals surface area contributed by atoms with Crippen molar-refractivity contribution in [1.29, 1.82) is 0 Å². The quantitative estimate of drug-likeness (QED) is 0.806. The Bertz CT molecular complexity index is 762. The highest BCUT2D eigenvalue weighted by atomic mass is 79.9. The zero-order valence-electron chi connectivity index (χ0n) is 13.7. The van der Waals surface area contributed by atoms with Gasteiger partial charge in [-0.1, -0.05) is 12.1 Å². The van der Waals surface area contributed by atoms with Crippen molar-refractivity contribution in [3.8, 4) is 5.75 Å². The van der Waals surface area contributed by atoms with E-state index in [0.29, 0.717) is 17.1 Å². The molecule has 2 aromatic rings. The van der Waals surface area contributed by atoms with Gasteiger partial charge < -0.3 is 15.4 Å². The van der Waals surface area contributed by atoms with Gasteiger partial charge in [0.05, 0.1) is 4.47 Å². The van der Waals surface area contributed by atoms with Gasteiger partial charge in [0, 0.05) is 18.3 Å². The zero-order chi connectivity index (χ0) is 17.7. The predicted octanol–water partition coefficient (Wildman–Crippen LogP) is 4.12. The molecule has 0 spiro atoms. The van der Waals surface area contributed by atoms with Gasteiger partial charge >= 0.3 is 0 Å². The Labute approximate surface area is 149 Å². The minimum Gasteiger partial charge on any atom is -0.480 e.